The molecular weight excluding hydrogens is 334 g/mol. The summed E-state index contributed by atoms with van der Waals surface area (Å²) in [4.78, 5) is 5.24. The van der Waals surface area contributed by atoms with Gasteiger partial charge in [-0.15, -0.1) is 11.3 Å². The molecule has 0 saturated carbocycles. The molecule has 25 heavy (non-hydrogen) atoms. The van der Waals surface area contributed by atoms with E-state index in [1.54, 1.807) is 18.4 Å². The molecule has 0 radical (unpaired) electrons. The average molecular weight is 357 g/mol. The van der Waals surface area contributed by atoms with E-state index in [9.17, 15) is 0 Å². The van der Waals surface area contributed by atoms with E-state index >= 15 is 0 Å². The van der Waals surface area contributed by atoms with E-state index in [0.29, 0.717) is 6.61 Å². The molecule has 0 aliphatic heterocycles. The van der Waals surface area contributed by atoms with Gasteiger partial charge in [-0.25, -0.2) is 4.98 Å². The fraction of sp³-hybridized carbons (Fsp3) is 0.316. The number of thiophene rings is 1. The van der Waals surface area contributed by atoms with Crippen molar-refractivity contribution in [3.63, 3.8) is 0 Å². The normalized spacial score (nSPS) is 10.8. The van der Waals surface area contributed by atoms with Crippen molar-refractivity contribution in [3.8, 4) is 11.5 Å². The van der Waals surface area contributed by atoms with Gasteiger partial charge in [-0.2, -0.15) is 0 Å². The lowest BCUT2D eigenvalue weighted by Crippen LogP contribution is -2.16. The highest BCUT2D eigenvalue weighted by molar-refractivity contribution is 7.09. The van der Waals surface area contributed by atoms with Gasteiger partial charge >= 0.3 is 0 Å². The van der Waals surface area contributed by atoms with Gasteiger partial charge in [0.15, 0.2) is 11.5 Å². The van der Waals surface area contributed by atoms with E-state index in [2.05, 4.69) is 32.4 Å². The molecule has 0 bridgehead atoms. The van der Waals surface area contributed by atoms with Gasteiger partial charge in [0, 0.05) is 30.4 Å². The number of nitrogens with zero attached hydrogens (tertiary/aromatic N) is 2. The minimum absolute atomic E-state index is 0.569. The van der Waals surface area contributed by atoms with E-state index in [-0.39, 0.29) is 0 Å². The lowest BCUT2D eigenvalue weighted by Gasteiger charge is -2.12. The minimum Gasteiger partial charge on any atom is -0.493 e. The molecule has 0 aliphatic carbocycles. The molecule has 0 fully saturated rings. The maximum atomic E-state index is 5.87. The van der Waals surface area contributed by atoms with Crippen molar-refractivity contribution in [2.75, 3.05) is 13.7 Å². The molecule has 6 heteroatoms. The van der Waals surface area contributed by atoms with Crippen molar-refractivity contribution >= 4 is 11.3 Å². The molecule has 0 spiro atoms. The molecule has 2 aromatic heterocycles. The summed E-state index contributed by atoms with van der Waals surface area (Å²) in [6, 6.07) is 10.2. The average Bonchev–Trinajstić information content (AvgIpc) is 3.34. The Bertz CT molecular complexity index is 742. The third-order valence-corrected chi connectivity index (χ3v) is 4.69. The van der Waals surface area contributed by atoms with E-state index in [1.807, 2.05) is 36.9 Å². The highest BCUT2D eigenvalue weighted by Gasteiger charge is 2.06. The number of nitrogens with one attached hydrogen (secondary N) is 1. The number of benzene rings is 1. The molecule has 5 nitrogen and oxygen atoms in total. The first-order valence-electron chi connectivity index (χ1n) is 8.33. The van der Waals surface area contributed by atoms with E-state index in [4.69, 9.17) is 9.47 Å². The molecule has 0 saturated heterocycles. The summed E-state index contributed by atoms with van der Waals surface area (Å²) in [6.07, 6.45) is 6.71. The second-order valence-electron chi connectivity index (χ2n) is 5.68. The van der Waals surface area contributed by atoms with Crippen molar-refractivity contribution in [2.24, 2.45) is 0 Å². The zero-order chi connectivity index (χ0) is 17.3. The van der Waals surface area contributed by atoms with Crippen LogP contribution in [-0.2, 0) is 19.7 Å². The van der Waals surface area contributed by atoms with Crippen LogP contribution in [0.3, 0.4) is 0 Å². The fourth-order valence-electron chi connectivity index (χ4n) is 2.52. The fourth-order valence-corrected chi connectivity index (χ4v) is 3.14. The topological polar surface area (TPSA) is 48.3 Å². The van der Waals surface area contributed by atoms with Gasteiger partial charge in [-0.3, -0.25) is 0 Å². The second kappa shape index (κ2) is 9.25. The monoisotopic (exact) mass is 357 g/mol. The standard InChI is InChI=1S/C19H23N3O2S/c1-23-19-12-16(13-20-7-3-9-22-10-8-21-15-22)5-6-18(19)24-14-17-4-2-11-25-17/h2,4-6,8,10-12,15,20H,3,7,9,13-14H2,1H3. The third-order valence-electron chi connectivity index (χ3n) is 3.84. The van der Waals surface area contributed by atoms with Crippen LogP contribution in [0.1, 0.15) is 16.9 Å². The summed E-state index contributed by atoms with van der Waals surface area (Å²) in [5.41, 5.74) is 1.18. The summed E-state index contributed by atoms with van der Waals surface area (Å²) < 4.78 is 13.4. The molecule has 3 aromatic rings. The molecule has 0 atom stereocenters. The smallest absolute Gasteiger partial charge is 0.161 e. The summed E-state index contributed by atoms with van der Waals surface area (Å²) >= 11 is 1.69. The van der Waals surface area contributed by atoms with Crippen LogP contribution in [0.5, 0.6) is 11.5 Å². The van der Waals surface area contributed by atoms with Crippen molar-refractivity contribution in [2.45, 2.75) is 26.1 Å². The Labute approximate surface area is 152 Å². The van der Waals surface area contributed by atoms with Gasteiger partial charge < -0.3 is 19.4 Å². The molecule has 132 valence electrons. The third kappa shape index (κ3) is 5.34. The van der Waals surface area contributed by atoms with Gasteiger partial charge in [0.25, 0.3) is 0 Å². The van der Waals surface area contributed by atoms with E-state index in [1.165, 1.54) is 10.4 Å². The van der Waals surface area contributed by atoms with Crippen LogP contribution in [0.2, 0.25) is 0 Å². The van der Waals surface area contributed by atoms with Crippen molar-refractivity contribution in [3.05, 3.63) is 64.9 Å². The Morgan fingerprint density at radius 2 is 2.20 bits per heavy atom. The zero-order valence-corrected chi connectivity index (χ0v) is 15.2. The van der Waals surface area contributed by atoms with Gasteiger partial charge in [-0.05, 0) is 42.1 Å². The minimum atomic E-state index is 0.569. The highest BCUT2D eigenvalue weighted by Crippen LogP contribution is 2.29. The van der Waals surface area contributed by atoms with Crippen LogP contribution in [0.15, 0.2) is 54.4 Å². The molecule has 0 aliphatic rings. The molecule has 1 aromatic carbocycles. The molecule has 0 unspecified atom stereocenters. The Morgan fingerprint density at radius 1 is 1.24 bits per heavy atom. The van der Waals surface area contributed by atoms with Gasteiger partial charge in [0.05, 0.1) is 13.4 Å². The largest absolute Gasteiger partial charge is 0.493 e. The first-order chi connectivity index (χ1) is 12.3. The Morgan fingerprint density at radius 3 is 2.96 bits per heavy atom. The summed E-state index contributed by atoms with van der Waals surface area (Å²) in [5.74, 6) is 1.55. The van der Waals surface area contributed by atoms with Gasteiger partial charge in [0.1, 0.15) is 6.61 Å². The number of aryl methyl sites for hydroxylation is 1. The van der Waals surface area contributed by atoms with Gasteiger partial charge in [0.2, 0.25) is 0 Å². The summed E-state index contributed by atoms with van der Waals surface area (Å²) in [5, 5.41) is 5.51. The maximum absolute atomic E-state index is 5.87. The number of rotatable bonds is 10. The Kier molecular flexibility index (Phi) is 6.48. The molecule has 3 rings (SSSR count). The van der Waals surface area contributed by atoms with Crippen LogP contribution in [-0.4, -0.2) is 23.2 Å². The van der Waals surface area contributed by atoms with Crippen LogP contribution in [0.25, 0.3) is 0 Å². The number of imidazole rings is 1. The maximum Gasteiger partial charge on any atom is 0.161 e. The van der Waals surface area contributed by atoms with Crippen molar-refractivity contribution in [1.82, 2.24) is 14.9 Å². The highest BCUT2D eigenvalue weighted by atomic mass is 32.1. The summed E-state index contributed by atoms with van der Waals surface area (Å²) in [6.45, 7) is 3.31. The van der Waals surface area contributed by atoms with Crippen molar-refractivity contribution < 1.29 is 9.47 Å². The SMILES string of the molecule is COc1cc(CNCCCn2ccnc2)ccc1OCc1cccs1. The number of hydrogen-bond donors (Lipinski definition) is 1. The van der Waals surface area contributed by atoms with Crippen LogP contribution in [0.4, 0.5) is 0 Å². The molecule has 0 amide bonds. The number of aromatic nitrogens is 2. The van der Waals surface area contributed by atoms with E-state index in [0.717, 1.165) is 37.6 Å². The molecule has 1 N–H and O–H groups in total. The zero-order valence-electron chi connectivity index (χ0n) is 14.4. The summed E-state index contributed by atoms with van der Waals surface area (Å²) in [7, 11) is 1.68. The van der Waals surface area contributed by atoms with E-state index < -0.39 is 0 Å². The van der Waals surface area contributed by atoms with Crippen LogP contribution >= 0.6 is 11.3 Å². The number of ether oxygens (including phenoxy) is 2. The predicted octanol–water partition coefficient (Wildman–Crippen LogP) is 3.71. The molecular formula is C19H23N3O2S. The number of hydrogen-bond acceptors (Lipinski definition) is 5. The second-order valence-corrected chi connectivity index (χ2v) is 6.72. The Hall–Kier alpha value is -2.31. The lowest BCUT2D eigenvalue weighted by atomic mass is 10.2. The van der Waals surface area contributed by atoms with Crippen LogP contribution < -0.4 is 14.8 Å². The van der Waals surface area contributed by atoms with Crippen LogP contribution in [0, 0.1) is 0 Å². The Balaban J connectivity index is 1.45. The first-order valence-corrected chi connectivity index (χ1v) is 9.21. The molecule has 2 heterocycles. The first kappa shape index (κ1) is 17.5. The lowest BCUT2D eigenvalue weighted by molar-refractivity contribution is 0.287. The van der Waals surface area contributed by atoms with Gasteiger partial charge in [-0.1, -0.05) is 12.1 Å². The van der Waals surface area contributed by atoms with Crippen molar-refractivity contribution in [1.29, 1.82) is 0 Å². The quantitative estimate of drug-likeness (QED) is 0.562. The predicted molar refractivity (Wildman–Crippen MR) is 100 cm³/mol. The number of methoxy groups -OCH3 is 1.